The Labute approximate surface area is 70.7 Å². The number of hydrogen-bond acceptors (Lipinski definition) is 2. The predicted molar refractivity (Wildman–Crippen MR) is 46.2 cm³/mol. The fourth-order valence-electron chi connectivity index (χ4n) is 1.67. The molecule has 1 heterocycles. The molecule has 1 atom stereocenters. The van der Waals surface area contributed by atoms with Gasteiger partial charge >= 0.3 is 0 Å². The Balaban J connectivity index is 2.68. The fraction of sp³-hybridized carbons (Fsp3) is 0.500. The zero-order chi connectivity index (χ0) is 7.84. The minimum absolute atomic E-state index is 0.599. The van der Waals surface area contributed by atoms with Crippen LogP contribution in [-0.2, 0) is 6.42 Å². The standard InChI is InChI=1S/C8H10N2S/c1-5-2-3-6-7(5)8(11)10-4-9-6/h4-5H,2-3H2,1H3,(H,9,10,11). The monoisotopic (exact) mass is 166 g/mol. The summed E-state index contributed by atoms with van der Waals surface area (Å²) in [6.07, 6.45) is 4.03. The first kappa shape index (κ1) is 6.98. The molecule has 1 aromatic rings. The number of rotatable bonds is 0. The van der Waals surface area contributed by atoms with Crippen molar-refractivity contribution in [1.29, 1.82) is 0 Å². The molecule has 0 amide bonds. The lowest BCUT2D eigenvalue weighted by atomic mass is 10.1. The second-order valence-corrected chi connectivity index (χ2v) is 3.43. The van der Waals surface area contributed by atoms with E-state index >= 15 is 0 Å². The van der Waals surface area contributed by atoms with Gasteiger partial charge in [0.25, 0.3) is 0 Å². The van der Waals surface area contributed by atoms with Crippen LogP contribution in [0.4, 0.5) is 0 Å². The van der Waals surface area contributed by atoms with Crippen LogP contribution in [0.5, 0.6) is 0 Å². The fourth-order valence-corrected chi connectivity index (χ4v) is 2.04. The number of aryl methyl sites for hydroxylation is 1. The van der Waals surface area contributed by atoms with E-state index in [1.54, 1.807) is 6.33 Å². The van der Waals surface area contributed by atoms with Crippen LogP contribution in [0.25, 0.3) is 0 Å². The van der Waals surface area contributed by atoms with Crippen molar-refractivity contribution in [2.45, 2.75) is 25.7 Å². The van der Waals surface area contributed by atoms with Gasteiger partial charge in [-0.1, -0.05) is 19.1 Å². The Morgan fingerprint density at radius 2 is 2.55 bits per heavy atom. The molecule has 0 bridgehead atoms. The highest BCUT2D eigenvalue weighted by atomic mass is 32.1. The smallest absolute Gasteiger partial charge is 0.133 e. The van der Waals surface area contributed by atoms with E-state index in [9.17, 15) is 0 Å². The Morgan fingerprint density at radius 3 is 3.27 bits per heavy atom. The van der Waals surface area contributed by atoms with Gasteiger partial charge in [-0.15, -0.1) is 0 Å². The molecule has 0 saturated heterocycles. The lowest BCUT2D eigenvalue weighted by Gasteiger charge is -2.01. The van der Waals surface area contributed by atoms with E-state index in [4.69, 9.17) is 12.2 Å². The van der Waals surface area contributed by atoms with Gasteiger partial charge in [-0.25, -0.2) is 4.98 Å². The minimum Gasteiger partial charge on any atom is -0.349 e. The highest BCUT2D eigenvalue weighted by Crippen LogP contribution is 2.30. The quantitative estimate of drug-likeness (QED) is 0.598. The zero-order valence-corrected chi connectivity index (χ0v) is 7.24. The van der Waals surface area contributed by atoms with Gasteiger partial charge in [-0.2, -0.15) is 0 Å². The van der Waals surface area contributed by atoms with Gasteiger partial charge in [0.15, 0.2) is 0 Å². The van der Waals surface area contributed by atoms with Crippen molar-refractivity contribution < 1.29 is 0 Å². The third kappa shape index (κ3) is 0.997. The first-order valence-corrected chi connectivity index (χ1v) is 4.26. The molecule has 0 spiro atoms. The number of fused-ring (bicyclic) bond motifs is 1. The average Bonchev–Trinajstić information content (AvgIpc) is 2.34. The Kier molecular flexibility index (Phi) is 1.53. The van der Waals surface area contributed by atoms with Gasteiger partial charge < -0.3 is 4.98 Å². The summed E-state index contributed by atoms with van der Waals surface area (Å²) in [7, 11) is 0. The molecule has 1 N–H and O–H groups in total. The topological polar surface area (TPSA) is 28.7 Å². The van der Waals surface area contributed by atoms with E-state index in [0.29, 0.717) is 5.92 Å². The van der Waals surface area contributed by atoms with Gasteiger partial charge in [-0.05, 0) is 18.8 Å². The van der Waals surface area contributed by atoms with Gasteiger partial charge in [0.1, 0.15) is 4.64 Å². The molecule has 2 rings (SSSR count). The summed E-state index contributed by atoms with van der Waals surface area (Å²) in [5.41, 5.74) is 2.56. The molecule has 1 unspecified atom stereocenters. The lowest BCUT2D eigenvalue weighted by Crippen LogP contribution is -1.92. The summed E-state index contributed by atoms with van der Waals surface area (Å²) < 4.78 is 0.781. The van der Waals surface area contributed by atoms with Crippen molar-refractivity contribution in [3.05, 3.63) is 22.2 Å². The maximum Gasteiger partial charge on any atom is 0.133 e. The second kappa shape index (κ2) is 2.41. The number of aromatic amines is 1. The first-order valence-electron chi connectivity index (χ1n) is 3.85. The molecule has 0 aromatic carbocycles. The van der Waals surface area contributed by atoms with Crippen molar-refractivity contribution in [2.75, 3.05) is 0 Å². The van der Waals surface area contributed by atoms with Gasteiger partial charge in [0, 0.05) is 11.3 Å². The largest absolute Gasteiger partial charge is 0.349 e. The highest BCUT2D eigenvalue weighted by molar-refractivity contribution is 7.71. The Bertz CT molecular complexity index is 329. The van der Waals surface area contributed by atoms with Crippen LogP contribution in [0.15, 0.2) is 6.33 Å². The molecule has 0 aliphatic heterocycles. The summed E-state index contributed by atoms with van der Waals surface area (Å²) in [6.45, 7) is 2.21. The van der Waals surface area contributed by atoms with Crippen LogP contribution in [0.3, 0.4) is 0 Å². The third-order valence-corrected chi connectivity index (χ3v) is 2.62. The van der Waals surface area contributed by atoms with Crippen LogP contribution in [0, 0.1) is 4.64 Å². The van der Waals surface area contributed by atoms with E-state index in [2.05, 4.69) is 16.9 Å². The number of H-pyrrole nitrogens is 1. The summed E-state index contributed by atoms with van der Waals surface area (Å²) >= 11 is 5.12. The summed E-state index contributed by atoms with van der Waals surface area (Å²) in [6, 6.07) is 0. The Hall–Kier alpha value is -0.700. The molecule has 1 aromatic heterocycles. The average molecular weight is 166 g/mol. The molecule has 0 saturated carbocycles. The molecule has 0 fully saturated rings. The SMILES string of the molecule is CC1CCc2[nH]cnc(=S)c21. The van der Waals surface area contributed by atoms with Crippen molar-refractivity contribution in [1.82, 2.24) is 9.97 Å². The zero-order valence-electron chi connectivity index (χ0n) is 6.42. The van der Waals surface area contributed by atoms with E-state index in [1.807, 2.05) is 0 Å². The maximum absolute atomic E-state index is 5.12. The Morgan fingerprint density at radius 1 is 1.73 bits per heavy atom. The molecule has 1 aliphatic carbocycles. The van der Waals surface area contributed by atoms with Crippen molar-refractivity contribution in [2.24, 2.45) is 0 Å². The minimum atomic E-state index is 0.599. The van der Waals surface area contributed by atoms with Crippen LogP contribution in [-0.4, -0.2) is 9.97 Å². The van der Waals surface area contributed by atoms with E-state index in [1.165, 1.54) is 17.7 Å². The normalized spacial score (nSPS) is 21.7. The first-order chi connectivity index (χ1) is 5.29. The number of aromatic nitrogens is 2. The molecule has 3 heteroatoms. The number of nitrogens with one attached hydrogen (secondary N) is 1. The van der Waals surface area contributed by atoms with Crippen molar-refractivity contribution in [3.8, 4) is 0 Å². The lowest BCUT2D eigenvalue weighted by molar-refractivity contribution is 0.743. The van der Waals surface area contributed by atoms with Gasteiger partial charge in [0.05, 0.1) is 6.33 Å². The number of hydrogen-bond donors (Lipinski definition) is 1. The second-order valence-electron chi connectivity index (χ2n) is 3.04. The summed E-state index contributed by atoms with van der Waals surface area (Å²) in [5, 5.41) is 0. The van der Waals surface area contributed by atoms with Crippen LogP contribution >= 0.6 is 12.2 Å². The van der Waals surface area contributed by atoms with Gasteiger partial charge in [-0.3, -0.25) is 0 Å². The van der Waals surface area contributed by atoms with Gasteiger partial charge in [0.2, 0.25) is 0 Å². The number of nitrogens with zero attached hydrogens (tertiary/aromatic N) is 1. The van der Waals surface area contributed by atoms with Crippen LogP contribution in [0.2, 0.25) is 0 Å². The van der Waals surface area contributed by atoms with E-state index < -0.39 is 0 Å². The molecule has 1 aliphatic rings. The molecule has 58 valence electrons. The maximum atomic E-state index is 5.12. The van der Waals surface area contributed by atoms with Crippen molar-refractivity contribution in [3.63, 3.8) is 0 Å². The van der Waals surface area contributed by atoms with E-state index in [-0.39, 0.29) is 0 Å². The summed E-state index contributed by atoms with van der Waals surface area (Å²) in [4.78, 5) is 7.20. The molecular weight excluding hydrogens is 156 g/mol. The predicted octanol–water partition coefficient (Wildman–Crippen LogP) is 2.19. The highest BCUT2D eigenvalue weighted by Gasteiger charge is 2.20. The molecule has 0 radical (unpaired) electrons. The molecular formula is C8H10N2S. The summed E-state index contributed by atoms with van der Waals surface area (Å²) in [5.74, 6) is 0.599. The van der Waals surface area contributed by atoms with Crippen molar-refractivity contribution >= 4 is 12.2 Å². The molecule has 11 heavy (non-hydrogen) atoms. The van der Waals surface area contributed by atoms with Crippen LogP contribution in [0.1, 0.15) is 30.5 Å². The van der Waals surface area contributed by atoms with Crippen LogP contribution < -0.4 is 0 Å². The molecule has 2 nitrogen and oxygen atoms in total. The third-order valence-electron chi connectivity index (χ3n) is 2.30. The van der Waals surface area contributed by atoms with E-state index in [0.717, 1.165) is 11.1 Å².